The summed E-state index contributed by atoms with van der Waals surface area (Å²) < 4.78 is 44.5. The molecule has 0 amide bonds. The number of esters is 1. The summed E-state index contributed by atoms with van der Waals surface area (Å²) in [6.07, 6.45) is 0. The molecule has 1 rings (SSSR count). The van der Waals surface area contributed by atoms with E-state index in [1.54, 1.807) is 6.92 Å². The van der Waals surface area contributed by atoms with E-state index < -0.39 is 33.3 Å². The number of carbonyl (C=O) groups excluding carboxylic acids is 1. The van der Waals surface area contributed by atoms with Crippen molar-refractivity contribution in [1.82, 2.24) is 4.31 Å². The first-order chi connectivity index (χ1) is 9.73. The lowest BCUT2D eigenvalue weighted by Gasteiger charge is -2.20. The molecule has 118 valence electrons. The van der Waals surface area contributed by atoms with Gasteiger partial charge in [-0.1, -0.05) is 6.92 Å². The summed E-state index contributed by atoms with van der Waals surface area (Å²) in [6, 6.07) is 1.99. The molecule has 21 heavy (non-hydrogen) atoms. The Bertz CT molecular complexity index is 636. The Morgan fingerprint density at radius 2 is 2.05 bits per heavy atom. The van der Waals surface area contributed by atoms with Gasteiger partial charge in [-0.15, -0.1) is 0 Å². The number of hydrogen-bond donors (Lipinski definition) is 1. The minimum atomic E-state index is -4.18. The van der Waals surface area contributed by atoms with Crippen molar-refractivity contribution in [3.8, 4) is 0 Å². The number of halogens is 2. The largest absolute Gasteiger partial charge is 0.465 e. The summed E-state index contributed by atoms with van der Waals surface area (Å²) in [5.74, 6) is -1.65. The van der Waals surface area contributed by atoms with Crippen LogP contribution < -0.4 is 5.73 Å². The number of nitrogens with two attached hydrogens (primary N) is 1. The van der Waals surface area contributed by atoms with Gasteiger partial charge in [0, 0.05) is 16.7 Å². The van der Waals surface area contributed by atoms with Crippen LogP contribution in [-0.2, 0) is 19.6 Å². The third-order valence-electron chi connectivity index (χ3n) is 2.63. The normalized spacial score (nSPS) is 11.7. The van der Waals surface area contributed by atoms with Crippen molar-refractivity contribution in [2.45, 2.75) is 18.7 Å². The van der Waals surface area contributed by atoms with Gasteiger partial charge in [-0.25, -0.2) is 12.8 Å². The van der Waals surface area contributed by atoms with E-state index in [2.05, 4.69) is 15.9 Å². The highest BCUT2D eigenvalue weighted by molar-refractivity contribution is 9.10. The predicted octanol–water partition coefficient (Wildman–Crippen LogP) is 1.74. The maximum absolute atomic E-state index is 13.9. The Morgan fingerprint density at radius 1 is 1.43 bits per heavy atom. The SMILES string of the molecule is CCOC(=O)CN(CC)S(=O)(=O)c1cc(N)c(Br)cc1F. The van der Waals surface area contributed by atoms with Gasteiger partial charge >= 0.3 is 5.97 Å². The van der Waals surface area contributed by atoms with Crippen LogP contribution in [0.15, 0.2) is 21.5 Å². The van der Waals surface area contributed by atoms with Crippen LogP contribution in [0.1, 0.15) is 13.8 Å². The summed E-state index contributed by atoms with van der Waals surface area (Å²) in [5, 5.41) is 0. The first-order valence-electron chi connectivity index (χ1n) is 6.14. The lowest BCUT2D eigenvalue weighted by Crippen LogP contribution is -2.36. The molecule has 0 aliphatic rings. The highest BCUT2D eigenvalue weighted by atomic mass is 79.9. The first-order valence-corrected chi connectivity index (χ1v) is 8.37. The average molecular weight is 383 g/mol. The second-order valence-electron chi connectivity index (χ2n) is 4.04. The number of nitrogen functional groups attached to an aromatic ring is 1. The van der Waals surface area contributed by atoms with Crippen molar-refractivity contribution >= 4 is 37.6 Å². The molecule has 0 atom stereocenters. The summed E-state index contributed by atoms with van der Waals surface area (Å²) in [6.45, 7) is 2.79. The molecule has 0 aliphatic carbocycles. The molecule has 0 spiro atoms. The molecule has 2 N–H and O–H groups in total. The van der Waals surface area contributed by atoms with Gasteiger partial charge in [0.2, 0.25) is 10.0 Å². The zero-order chi connectivity index (χ0) is 16.2. The summed E-state index contributed by atoms with van der Waals surface area (Å²) in [5.41, 5.74) is 5.67. The van der Waals surface area contributed by atoms with Gasteiger partial charge in [0.25, 0.3) is 0 Å². The molecule has 1 aromatic rings. The Labute approximate surface area is 131 Å². The predicted molar refractivity (Wildman–Crippen MR) is 79.6 cm³/mol. The number of nitrogens with zero attached hydrogens (tertiary/aromatic N) is 1. The Kier molecular flexibility index (Phi) is 6.11. The fraction of sp³-hybridized carbons (Fsp3) is 0.417. The van der Waals surface area contributed by atoms with Crippen LogP contribution in [0.5, 0.6) is 0 Å². The maximum Gasteiger partial charge on any atom is 0.321 e. The fourth-order valence-electron chi connectivity index (χ4n) is 1.60. The first kappa shape index (κ1) is 17.9. The molecule has 6 nitrogen and oxygen atoms in total. The zero-order valence-corrected chi connectivity index (χ0v) is 14.0. The topological polar surface area (TPSA) is 89.7 Å². The number of hydrogen-bond acceptors (Lipinski definition) is 5. The number of ether oxygens (including phenoxy) is 1. The molecular formula is C12H16BrFN2O4S. The van der Waals surface area contributed by atoms with Gasteiger partial charge in [0.1, 0.15) is 17.3 Å². The second-order valence-corrected chi connectivity index (χ2v) is 6.80. The summed E-state index contributed by atoms with van der Waals surface area (Å²) in [7, 11) is -4.18. The minimum absolute atomic E-state index is 0.00342. The third kappa shape index (κ3) is 4.14. The number of rotatable bonds is 6. The van der Waals surface area contributed by atoms with E-state index in [1.165, 1.54) is 6.92 Å². The average Bonchev–Trinajstić information content (AvgIpc) is 2.40. The zero-order valence-electron chi connectivity index (χ0n) is 11.6. The van der Waals surface area contributed by atoms with Gasteiger partial charge in [-0.05, 0) is 35.0 Å². The van der Waals surface area contributed by atoms with Crippen molar-refractivity contribution in [2.24, 2.45) is 0 Å². The molecule has 0 fully saturated rings. The van der Waals surface area contributed by atoms with Crippen LogP contribution in [0, 0.1) is 5.82 Å². The molecule has 0 aliphatic heterocycles. The summed E-state index contributed by atoms with van der Waals surface area (Å²) >= 11 is 3.01. The van der Waals surface area contributed by atoms with Gasteiger partial charge in [0.15, 0.2) is 0 Å². The van der Waals surface area contributed by atoms with Crippen LogP contribution in [0.3, 0.4) is 0 Å². The van der Waals surface area contributed by atoms with Crippen LogP contribution in [0.4, 0.5) is 10.1 Å². The number of likely N-dealkylation sites (N-methyl/N-ethyl adjacent to an activating group) is 1. The number of benzene rings is 1. The highest BCUT2D eigenvalue weighted by Crippen LogP contribution is 2.27. The number of anilines is 1. The van der Waals surface area contributed by atoms with Crippen LogP contribution in [-0.4, -0.2) is 38.4 Å². The van der Waals surface area contributed by atoms with Crippen molar-refractivity contribution < 1.29 is 22.3 Å². The van der Waals surface area contributed by atoms with Gasteiger partial charge in [0.05, 0.1) is 6.61 Å². The van der Waals surface area contributed by atoms with E-state index in [1.807, 2.05) is 0 Å². The molecule has 0 unspecified atom stereocenters. The quantitative estimate of drug-likeness (QED) is 0.597. The van der Waals surface area contributed by atoms with E-state index >= 15 is 0 Å². The van der Waals surface area contributed by atoms with Crippen molar-refractivity contribution in [3.05, 3.63) is 22.4 Å². The van der Waals surface area contributed by atoms with Crippen molar-refractivity contribution in [3.63, 3.8) is 0 Å². The monoisotopic (exact) mass is 382 g/mol. The number of carbonyl (C=O) groups is 1. The molecule has 0 saturated carbocycles. The van der Waals surface area contributed by atoms with Crippen molar-refractivity contribution in [1.29, 1.82) is 0 Å². The molecule has 9 heteroatoms. The van der Waals surface area contributed by atoms with Crippen LogP contribution in [0.25, 0.3) is 0 Å². The third-order valence-corrected chi connectivity index (χ3v) is 5.26. The van der Waals surface area contributed by atoms with Crippen LogP contribution >= 0.6 is 15.9 Å². The molecule has 0 heterocycles. The molecule has 0 bridgehead atoms. The molecule has 0 saturated heterocycles. The smallest absolute Gasteiger partial charge is 0.321 e. The highest BCUT2D eigenvalue weighted by Gasteiger charge is 2.29. The standard InChI is InChI=1S/C12H16BrFN2O4S/c1-3-16(7-12(17)20-4-2)21(18,19)11-6-10(15)8(13)5-9(11)14/h5-6H,3-4,7,15H2,1-2H3. The summed E-state index contributed by atoms with van der Waals surface area (Å²) in [4.78, 5) is 10.9. The molecular weight excluding hydrogens is 367 g/mol. The molecule has 0 radical (unpaired) electrons. The van der Waals surface area contributed by atoms with Gasteiger partial charge < -0.3 is 10.5 Å². The van der Waals surface area contributed by atoms with E-state index in [-0.39, 0.29) is 23.3 Å². The molecule has 0 aromatic heterocycles. The Hall–Kier alpha value is -1.19. The van der Waals surface area contributed by atoms with Gasteiger partial charge in [-0.2, -0.15) is 4.31 Å². The fourth-order valence-corrected chi connectivity index (χ4v) is 3.39. The Balaban J connectivity index is 3.19. The van der Waals surface area contributed by atoms with E-state index in [9.17, 15) is 17.6 Å². The second kappa shape index (κ2) is 7.19. The lowest BCUT2D eigenvalue weighted by atomic mass is 10.3. The minimum Gasteiger partial charge on any atom is -0.465 e. The van der Waals surface area contributed by atoms with E-state index in [4.69, 9.17) is 10.5 Å². The Morgan fingerprint density at radius 3 is 2.57 bits per heavy atom. The van der Waals surface area contributed by atoms with Crippen molar-refractivity contribution in [2.75, 3.05) is 25.4 Å². The number of sulfonamides is 1. The van der Waals surface area contributed by atoms with E-state index in [0.29, 0.717) is 0 Å². The lowest BCUT2D eigenvalue weighted by molar-refractivity contribution is -0.143. The van der Waals surface area contributed by atoms with Crippen LogP contribution in [0.2, 0.25) is 0 Å². The molecule has 1 aromatic carbocycles. The van der Waals surface area contributed by atoms with Gasteiger partial charge in [-0.3, -0.25) is 4.79 Å². The maximum atomic E-state index is 13.9. The van der Waals surface area contributed by atoms with E-state index in [0.717, 1.165) is 16.4 Å².